The molecule has 0 aliphatic carbocycles. The summed E-state index contributed by atoms with van der Waals surface area (Å²) in [7, 11) is 2.46. The van der Waals surface area contributed by atoms with Crippen molar-refractivity contribution in [2.45, 2.75) is 18.9 Å². The van der Waals surface area contributed by atoms with E-state index in [2.05, 4.69) is 14.8 Å². The lowest BCUT2D eigenvalue weighted by Crippen LogP contribution is -2.42. The molecule has 1 aromatic rings. The molecule has 1 aliphatic heterocycles. The summed E-state index contributed by atoms with van der Waals surface area (Å²) in [4.78, 5) is 37.6. The van der Waals surface area contributed by atoms with Gasteiger partial charge in [0.05, 0.1) is 38.0 Å². The first-order valence-electron chi connectivity index (χ1n) is 7.95. The third-order valence-corrected chi connectivity index (χ3v) is 3.91. The van der Waals surface area contributed by atoms with Gasteiger partial charge in [-0.15, -0.1) is 0 Å². The Morgan fingerprint density at radius 1 is 1.16 bits per heavy atom. The van der Waals surface area contributed by atoms with Gasteiger partial charge >= 0.3 is 11.9 Å². The number of likely N-dealkylation sites (tertiary alicyclic amines) is 1. The molecule has 25 heavy (non-hydrogen) atoms. The number of methoxy groups -OCH3 is 2. The largest absolute Gasteiger partial charge is 0.465 e. The molecule has 1 unspecified atom stereocenters. The summed E-state index contributed by atoms with van der Waals surface area (Å²) in [5, 5.41) is 12.3. The van der Waals surface area contributed by atoms with Gasteiger partial charge in [0.25, 0.3) is 0 Å². The van der Waals surface area contributed by atoms with Crippen molar-refractivity contribution in [3.63, 3.8) is 0 Å². The van der Waals surface area contributed by atoms with Crippen LogP contribution in [0.2, 0.25) is 0 Å². The maximum Gasteiger partial charge on any atom is 0.337 e. The van der Waals surface area contributed by atoms with Crippen LogP contribution in [0, 0.1) is 0 Å². The first kappa shape index (κ1) is 18.9. The van der Waals surface area contributed by atoms with E-state index in [4.69, 9.17) is 0 Å². The number of esters is 2. The summed E-state index contributed by atoms with van der Waals surface area (Å²) in [6.07, 6.45) is 1.15. The van der Waals surface area contributed by atoms with Crippen molar-refractivity contribution in [1.29, 1.82) is 0 Å². The van der Waals surface area contributed by atoms with Gasteiger partial charge in [0.1, 0.15) is 0 Å². The van der Waals surface area contributed by atoms with Crippen LogP contribution in [0.15, 0.2) is 18.2 Å². The van der Waals surface area contributed by atoms with Gasteiger partial charge in [-0.3, -0.25) is 9.69 Å². The molecule has 1 amide bonds. The Morgan fingerprint density at radius 2 is 1.76 bits per heavy atom. The molecule has 2 N–H and O–H groups in total. The number of anilines is 1. The molecule has 1 atom stereocenters. The van der Waals surface area contributed by atoms with E-state index >= 15 is 0 Å². The Balaban J connectivity index is 2.12. The first-order chi connectivity index (χ1) is 11.9. The standard InChI is InChI=1S/C17H22N2O6/c1-24-16(22)11-6-12(17(23)25-2)8-13(7-11)18-15(21)10-19-5-3-4-14(20)9-19/h6-8,14,20H,3-5,9-10H2,1-2H3,(H,18,21). The van der Waals surface area contributed by atoms with Crippen molar-refractivity contribution in [2.75, 3.05) is 39.2 Å². The number of aliphatic hydroxyl groups is 1. The number of rotatable bonds is 5. The number of carbonyl (C=O) groups excluding carboxylic acids is 3. The highest BCUT2D eigenvalue weighted by Gasteiger charge is 2.20. The number of hydrogen-bond donors (Lipinski definition) is 2. The highest BCUT2D eigenvalue weighted by molar-refractivity contribution is 5.99. The minimum Gasteiger partial charge on any atom is -0.465 e. The number of hydrogen-bond acceptors (Lipinski definition) is 7. The third kappa shape index (κ3) is 5.27. The van der Waals surface area contributed by atoms with Crippen LogP contribution >= 0.6 is 0 Å². The lowest BCUT2D eigenvalue weighted by Gasteiger charge is -2.29. The van der Waals surface area contributed by atoms with Crippen LogP contribution in [0.4, 0.5) is 5.69 Å². The van der Waals surface area contributed by atoms with Crippen LogP contribution in [0.5, 0.6) is 0 Å². The second-order valence-electron chi connectivity index (χ2n) is 5.86. The quantitative estimate of drug-likeness (QED) is 0.751. The molecule has 1 aliphatic rings. The summed E-state index contributed by atoms with van der Waals surface area (Å²) >= 11 is 0. The molecule has 2 rings (SSSR count). The molecule has 136 valence electrons. The van der Waals surface area contributed by atoms with Crippen LogP contribution in [0.3, 0.4) is 0 Å². The molecule has 0 saturated carbocycles. The van der Waals surface area contributed by atoms with Crippen LogP contribution in [-0.2, 0) is 14.3 Å². The number of amides is 1. The van der Waals surface area contributed by atoms with E-state index in [0.29, 0.717) is 12.2 Å². The second kappa shape index (κ2) is 8.59. The molecular weight excluding hydrogens is 328 g/mol. The highest BCUT2D eigenvalue weighted by Crippen LogP contribution is 2.17. The van der Waals surface area contributed by atoms with Crippen molar-refractivity contribution >= 4 is 23.5 Å². The van der Waals surface area contributed by atoms with Crippen LogP contribution in [0.1, 0.15) is 33.6 Å². The number of ether oxygens (including phenoxy) is 2. The lowest BCUT2D eigenvalue weighted by molar-refractivity contribution is -0.118. The van der Waals surface area contributed by atoms with Crippen molar-refractivity contribution < 1.29 is 29.0 Å². The van der Waals surface area contributed by atoms with Crippen molar-refractivity contribution in [3.05, 3.63) is 29.3 Å². The maximum atomic E-state index is 12.2. The molecule has 1 saturated heterocycles. The fourth-order valence-electron chi connectivity index (χ4n) is 2.75. The van der Waals surface area contributed by atoms with Crippen molar-refractivity contribution in [2.24, 2.45) is 0 Å². The van der Waals surface area contributed by atoms with Crippen molar-refractivity contribution in [1.82, 2.24) is 4.90 Å². The molecule has 1 aromatic carbocycles. The Hall–Kier alpha value is -2.45. The van der Waals surface area contributed by atoms with Gasteiger partial charge in [-0.1, -0.05) is 0 Å². The Bertz CT molecular complexity index is 626. The summed E-state index contributed by atoms with van der Waals surface area (Å²) in [5.74, 6) is -1.55. The number of aliphatic hydroxyl groups excluding tert-OH is 1. The normalized spacial score (nSPS) is 17.6. The molecule has 0 spiro atoms. The maximum absolute atomic E-state index is 12.2. The van der Waals surface area contributed by atoms with Gasteiger partial charge in [-0.05, 0) is 37.6 Å². The number of nitrogens with zero attached hydrogens (tertiary/aromatic N) is 1. The van der Waals surface area contributed by atoms with E-state index in [-0.39, 0.29) is 23.6 Å². The predicted molar refractivity (Wildman–Crippen MR) is 89.4 cm³/mol. The lowest BCUT2D eigenvalue weighted by atomic mass is 10.1. The van der Waals surface area contributed by atoms with E-state index in [1.165, 1.54) is 32.4 Å². The minimum atomic E-state index is -0.625. The monoisotopic (exact) mass is 350 g/mol. The van der Waals surface area contributed by atoms with E-state index in [0.717, 1.165) is 19.4 Å². The number of benzene rings is 1. The molecule has 8 nitrogen and oxygen atoms in total. The first-order valence-corrected chi connectivity index (χ1v) is 7.95. The average Bonchev–Trinajstić information content (AvgIpc) is 2.59. The molecule has 0 radical (unpaired) electrons. The van der Waals surface area contributed by atoms with E-state index in [9.17, 15) is 19.5 Å². The summed E-state index contributed by atoms with van der Waals surface area (Å²) in [6.45, 7) is 1.30. The number of piperidine rings is 1. The predicted octanol–water partition coefficient (Wildman–Crippen LogP) is 0.655. The van der Waals surface area contributed by atoms with Crippen LogP contribution in [0.25, 0.3) is 0 Å². The fourth-order valence-corrected chi connectivity index (χ4v) is 2.75. The fraction of sp³-hybridized carbons (Fsp3) is 0.471. The minimum absolute atomic E-state index is 0.118. The topological polar surface area (TPSA) is 105 Å². The molecular formula is C17H22N2O6. The summed E-state index contributed by atoms with van der Waals surface area (Å²) in [5.41, 5.74) is 0.564. The summed E-state index contributed by atoms with van der Waals surface area (Å²) in [6, 6.07) is 4.21. The van der Waals surface area contributed by atoms with Gasteiger partial charge in [-0.25, -0.2) is 9.59 Å². The van der Waals surface area contributed by atoms with E-state index in [1.807, 2.05) is 4.90 Å². The molecule has 0 bridgehead atoms. The zero-order chi connectivity index (χ0) is 18.4. The summed E-state index contributed by atoms with van der Waals surface area (Å²) < 4.78 is 9.32. The van der Waals surface area contributed by atoms with E-state index in [1.54, 1.807) is 0 Å². The van der Waals surface area contributed by atoms with Crippen molar-refractivity contribution in [3.8, 4) is 0 Å². The van der Waals surface area contributed by atoms with E-state index < -0.39 is 18.0 Å². The number of carbonyl (C=O) groups is 3. The van der Waals surface area contributed by atoms with Gasteiger partial charge in [0.2, 0.25) is 5.91 Å². The smallest absolute Gasteiger partial charge is 0.337 e. The third-order valence-electron chi connectivity index (χ3n) is 3.91. The van der Waals surface area contributed by atoms with Gasteiger partial charge < -0.3 is 19.9 Å². The Morgan fingerprint density at radius 3 is 2.28 bits per heavy atom. The molecule has 1 fully saturated rings. The zero-order valence-corrected chi connectivity index (χ0v) is 14.3. The second-order valence-corrected chi connectivity index (χ2v) is 5.86. The van der Waals surface area contributed by atoms with Gasteiger partial charge in [-0.2, -0.15) is 0 Å². The Labute approximate surface area is 145 Å². The number of nitrogens with one attached hydrogen (secondary N) is 1. The number of β-amino-alcohol motifs (C(OH)–C–C–N with tert-alkyl or cyclic N) is 1. The average molecular weight is 350 g/mol. The molecule has 8 heteroatoms. The van der Waals surface area contributed by atoms with Gasteiger partial charge in [0, 0.05) is 12.2 Å². The zero-order valence-electron chi connectivity index (χ0n) is 14.3. The highest BCUT2D eigenvalue weighted by atomic mass is 16.5. The van der Waals surface area contributed by atoms with Crippen LogP contribution < -0.4 is 5.32 Å². The molecule has 0 aromatic heterocycles. The van der Waals surface area contributed by atoms with Crippen LogP contribution in [-0.4, -0.2) is 67.8 Å². The Kier molecular flexibility index (Phi) is 6.49. The SMILES string of the molecule is COC(=O)c1cc(NC(=O)CN2CCCC(O)C2)cc(C(=O)OC)c1. The van der Waals surface area contributed by atoms with Gasteiger partial charge in [0.15, 0.2) is 0 Å². The molecule has 1 heterocycles.